The fourth-order valence-electron chi connectivity index (χ4n) is 2.41. The molecular formula is C13H13BrF3NO. The van der Waals surface area contributed by atoms with Crippen molar-refractivity contribution in [3.05, 3.63) is 34.3 Å². The van der Waals surface area contributed by atoms with Gasteiger partial charge in [-0.25, -0.2) is 0 Å². The second kappa shape index (κ2) is 5.53. The first-order valence-corrected chi connectivity index (χ1v) is 6.78. The van der Waals surface area contributed by atoms with Gasteiger partial charge in [0.2, 0.25) is 5.91 Å². The molecule has 1 amide bonds. The smallest absolute Gasteiger partial charge is 0.335 e. The highest BCUT2D eigenvalue weighted by Gasteiger charge is 2.38. The first kappa shape index (κ1) is 14.4. The highest BCUT2D eigenvalue weighted by molar-refractivity contribution is 9.10. The van der Waals surface area contributed by atoms with Gasteiger partial charge in [0.05, 0.1) is 6.04 Å². The lowest BCUT2D eigenvalue weighted by molar-refractivity contribution is -0.162. The lowest BCUT2D eigenvalue weighted by atomic mass is 10.0. The Morgan fingerprint density at radius 2 is 2.05 bits per heavy atom. The predicted octanol–water partition coefficient (Wildman–Crippen LogP) is 4.07. The molecule has 2 nitrogen and oxygen atoms in total. The Morgan fingerprint density at radius 3 is 2.68 bits per heavy atom. The molecule has 104 valence electrons. The number of amides is 1. The number of halogens is 4. The summed E-state index contributed by atoms with van der Waals surface area (Å²) >= 11 is 3.38. The minimum absolute atomic E-state index is 0.259. The molecule has 1 fully saturated rings. The van der Waals surface area contributed by atoms with Gasteiger partial charge in [0.15, 0.2) is 0 Å². The van der Waals surface area contributed by atoms with Crippen LogP contribution in [-0.4, -0.2) is 23.5 Å². The molecule has 0 aliphatic carbocycles. The molecule has 0 N–H and O–H groups in total. The average Bonchev–Trinajstić information content (AvgIpc) is 2.76. The summed E-state index contributed by atoms with van der Waals surface area (Å²) in [5.41, 5.74) is 0.871. The van der Waals surface area contributed by atoms with Gasteiger partial charge in [-0.1, -0.05) is 34.1 Å². The fraction of sp³-hybridized carbons (Fsp3) is 0.462. The van der Waals surface area contributed by atoms with Gasteiger partial charge < -0.3 is 4.90 Å². The molecule has 1 unspecified atom stereocenters. The Balaban J connectivity index is 2.18. The van der Waals surface area contributed by atoms with Crippen LogP contribution in [0.4, 0.5) is 13.2 Å². The molecule has 19 heavy (non-hydrogen) atoms. The summed E-state index contributed by atoms with van der Waals surface area (Å²) in [6.07, 6.45) is -4.39. The number of rotatable bonds is 2. The maximum Gasteiger partial charge on any atom is 0.397 e. The largest absolute Gasteiger partial charge is 0.397 e. The molecule has 1 heterocycles. The van der Waals surface area contributed by atoms with E-state index in [0.29, 0.717) is 13.0 Å². The summed E-state index contributed by atoms with van der Waals surface area (Å²) in [6.45, 7) is 0.390. The number of carbonyl (C=O) groups excluding carboxylic acids is 1. The van der Waals surface area contributed by atoms with Gasteiger partial charge in [0, 0.05) is 11.0 Å². The van der Waals surface area contributed by atoms with E-state index >= 15 is 0 Å². The summed E-state index contributed by atoms with van der Waals surface area (Å²) in [5, 5.41) is 0. The van der Waals surface area contributed by atoms with E-state index in [1.807, 2.05) is 24.3 Å². The number of hydrogen-bond donors (Lipinski definition) is 0. The van der Waals surface area contributed by atoms with Crippen LogP contribution in [0.15, 0.2) is 28.7 Å². The van der Waals surface area contributed by atoms with Crippen molar-refractivity contribution in [2.75, 3.05) is 6.54 Å². The van der Waals surface area contributed by atoms with Crippen LogP contribution >= 0.6 is 15.9 Å². The van der Waals surface area contributed by atoms with Crippen molar-refractivity contribution in [1.82, 2.24) is 4.90 Å². The lowest BCUT2D eigenvalue weighted by Crippen LogP contribution is -2.33. The minimum atomic E-state index is -4.45. The number of hydrogen-bond acceptors (Lipinski definition) is 1. The number of nitrogens with zero attached hydrogens (tertiary/aromatic N) is 1. The zero-order valence-electron chi connectivity index (χ0n) is 10.1. The highest BCUT2D eigenvalue weighted by Crippen LogP contribution is 2.37. The van der Waals surface area contributed by atoms with Crippen molar-refractivity contribution >= 4 is 21.8 Å². The number of alkyl halides is 3. The van der Waals surface area contributed by atoms with Crippen LogP contribution in [0.5, 0.6) is 0 Å². The second-order valence-corrected chi connectivity index (χ2v) is 5.41. The molecule has 1 aliphatic heterocycles. The topological polar surface area (TPSA) is 20.3 Å². The van der Waals surface area contributed by atoms with E-state index in [4.69, 9.17) is 0 Å². The first-order chi connectivity index (χ1) is 8.88. The predicted molar refractivity (Wildman–Crippen MR) is 68.5 cm³/mol. The molecule has 1 saturated heterocycles. The molecule has 1 aromatic rings. The van der Waals surface area contributed by atoms with E-state index in [9.17, 15) is 18.0 Å². The van der Waals surface area contributed by atoms with E-state index in [1.165, 1.54) is 4.90 Å². The van der Waals surface area contributed by atoms with Gasteiger partial charge in [-0.15, -0.1) is 0 Å². The molecule has 0 saturated carbocycles. The zero-order chi connectivity index (χ0) is 14.0. The number of carbonyl (C=O) groups is 1. The van der Waals surface area contributed by atoms with E-state index in [2.05, 4.69) is 15.9 Å². The van der Waals surface area contributed by atoms with E-state index in [-0.39, 0.29) is 6.04 Å². The molecule has 1 aliphatic rings. The van der Waals surface area contributed by atoms with E-state index < -0.39 is 18.5 Å². The van der Waals surface area contributed by atoms with Crippen LogP contribution in [0.25, 0.3) is 0 Å². The molecule has 0 bridgehead atoms. The average molecular weight is 336 g/mol. The van der Waals surface area contributed by atoms with E-state index in [0.717, 1.165) is 16.5 Å². The maximum atomic E-state index is 12.3. The van der Waals surface area contributed by atoms with Gasteiger partial charge in [-0.2, -0.15) is 13.2 Å². The first-order valence-electron chi connectivity index (χ1n) is 5.99. The second-order valence-electron chi connectivity index (χ2n) is 4.56. The molecule has 0 spiro atoms. The van der Waals surface area contributed by atoms with Gasteiger partial charge in [-0.3, -0.25) is 4.79 Å². The van der Waals surface area contributed by atoms with Crippen molar-refractivity contribution in [2.45, 2.75) is 31.5 Å². The fourth-order valence-corrected chi connectivity index (χ4v) is 2.96. The molecule has 2 rings (SSSR count). The number of likely N-dealkylation sites (tertiary alicyclic amines) is 1. The third-order valence-corrected chi connectivity index (χ3v) is 3.91. The Labute approximate surface area is 117 Å². The summed E-state index contributed by atoms with van der Waals surface area (Å²) in [5.74, 6) is -0.842. The summed E-state index contributed by atoms with van der Waals surface area (Å²) < 4.78 is 37.8. The molecule has 1 aromatic carbocycles. The third kappa shape index (κ3) is 3.49. The van der Waals surface area contributed by atoms with Crippen molar-refractivity contribution in [1.29, 1.82) is 0 Å². The Kier molecular flexibility index (Phi) is 4.18. The van der Waals surface area contributed by atoms with Crippen molar-refractivity contribution in [3.8, 4) is 0 Å². The molecule has 0 aromatic heterocycles. The van der Waals surface area contributed by atoms with Crippen molar-refractivity contribution < 1.29 is 18.0 Å². The summed E-state index contributed by atoms with van der Waals surface area (Å²) in [4.78, 5) is 13.1. The Hall–Kier alpha value is -1.04. The van der Waals surface area contributed by atoms with Gasteiger partial charge in [0.1, 0.15) is 6.42 Å². The van der Waals surface area contributed by atoms with Crippen LogP contribution in [0, 0.1) is 0 Å². The van der Waals surface area contributed by atoms with Crippen LogP contribution in [0.1, 0.15) is 30.9 Å². The highest BCUT2D eigenvalue weighted by atomic mass is 79.9. The lowest BCUT2D eigenvalue weighted by Gasteiger charge is -2.26. The maximum absolute atomic E-state index is 12.3. The molecule has 1 atom stereocenters. The van der Waals surface area contributed by atoms with Crippen molar-refractivity contribution in [2.24, 2.45) is 0 Å². The SMILES string of the molecule is O=C(CC(F)(F)F)N1CCCC1c1ccccc1Br. The van der Waals surface area contributed by atoms with Crippen LogP contribution < -0.4 is 0 Å². The standard InChI is InChI=1S/C13H13BrF3NO/c14-10-5-2-1-4-9(10)11-6-3-7-18(11)12(19)8-13(15,16)17/h1-2,4-5,11H,3,6-8H2. The van der Waals surface area contributed by atoms with E-state index in [1.54, 1.807) is 0 Å². The van der Waals surface area contributed by atoms with Crippen LogP contribution in [0.3, 0.4) is 0 Å². The summed E-state index contributed by atoms with van der Waals surface area (Å²) in [6, 6.07) is 7.08. The van der Waals surface area contributed by atoms with Gasteiger partial charge in [0.25, 0.3) is 0 Å². The molecular weight excluding hydrogens is 323 g/mol. The third-order valence-electron chi connectivity index (χ3n) is 3.19. The summed E-state index contributed by atoms with van der Waals surface area (Å²) in [7, 11) is 0. The molecule has 0 radical (unpaired) electrons. The van der Waals surface area contributed by atoms with Gasteiger partial charge >= 0.3 is 6.18 Å². The normalized spacial score (nSPS) is 19.8. The van der Waals surface area contributed by atoms with Gasteiger partial charge in [-0.05, 0) is 24.5 Å². The Morgan fingerprint density at radius 1 is 1.37 bits per heavy atom. The van der Waals surface area contributed by atoms with Crippen LogP contribution in [0.2, 0.25) is 0 Å². The minimum Gasteiger partial charge on any atom is -0.335 e. The number of benzene rings is 1. The quantitative estimate of drug-likeness (QED) is 0.797. The molecule has 6 heteroatoms. The monoisotopic (exact) mass is 335 g/mol. The van der Waals surface area contributed by atoms with Crippen molar-refractivity contribution in [3.63, 3.8) is 0 Å². The van der Waals surface area contributed by atoms with Crippen LogP contribution in [-0.2, 0) is 4.79 Å². The Bertz CT molecular complexity index is 475. The zero-order valence-corrected chi connectivity index (χ0v) is 11.7.